The van der Waals surface area contributed by atoms with Crippen molar-refractivity contribution in [2.24, 2.45) is 0 Å². The fraction of sp³-hybridized carbons (Fsp3) is 0.125. The van der Waals surface area contributed by atoms with Crippen molar-refractivity contribution in [1.82, 2.24) is 4.37 Å². The Hall–Kier alpha value is 0.0700. The highest BCUT2D eigenvalue weighted by molar-refractivity contribution is 9.11. The minimum Gasteiger partial charge on any atom is -0.191 e. The van der Waals surface area contributed by atoms with E-state index in [-0.39, 0.29) is 0 Å². The van der Waals surface area contributed by atoms with Crippen molar-refractivity contribution >= 4 is 54.3 Å². The topological polar surface area (TPSA) is 12.9 Å². The Bertz CT molecular complexity index is 410. The lowest BCUT2D eigenvalue weighted by atomic mass is 10.2. The van der Waals surface area contributed by atoms with Gasteiger partial charge in [-0.25, -0.2) is 0 Å². The molecule has 1 aromatic heterocycles. The van der Waals surface area contributed by atoms with Crippen LogP contribution in [0.25, 0.3) is 10.9 Å². The number of alkyl halides is 1. The van der Waals surface area contributed by atoms with Gasteiger partial charge in [0.25, 0.3) is 0 Å². The highest BCUT2D eigenvalue weighted by Gasteiger charge is 2.02. The summed E-state index contributed by atoms with van der Waals surface area (Å²) in [6.07, 6.45) is 0. The van der Waals surface area contributed by atoms with E-state index in [9.17, 15) is 0 Å². The van der Waals surface area contributed by atoms with Gasteiger partial charge in [0.15, 0.2) is 0 Å². The molecular formula is C8H5Br2NS. The first-order valence-corrected chi connectivity index (χ1v) is 6.10. The van der Waals surface area contributed by atoms with Crippen LogP contribution in [-0.4, -0.2) is 4.37 Å². The maximum absolute atomic E-state index is 4.27. The molecule has 2 rings (SSSR count). The predicted octanol–water partition coefficient (Wildman–Crippen LogP) is 3.95. The third-order valence-corrected chi connectivity index (χ3v) is 3.83. The molecule has 0 radical (unpaired) electrons. The van der Waals surface area contributed by atoms with Crippen molar-refractivity contribution in [3.8, 4) is 0 Å². The molecule has 0 saturated carbocycles. The first-order valence-electron chi connectivity index (χ1n) is 3.41. The van der Waals surface area contributed by atoms with Gasteiger partial charge in [-0.3, -0.25) is 0 Å². The molecule has 0 unspecified atom stereocenters. The summed E-state index contributed by atoms with van der Waals surface area (Å²) in [7, 11) is 0. The average molecular weight is 307 g/mol. The highest BCUT2D eigenvalue weighted by atomic mass is 79.9. The maximum atomic E-state index is 4.27. The highest BCUT2D eigenvalue weighted by Crippen LogP contribution is 2.28. The van der Waals surface area contributed by atoms with Gasteiger partial charge in [0.05, 0.1) is 9.30 Å². The van der Waals surface area contributed by atoms with E-state index in [1.54, 1.807) is 0 Å². The molecule has 1 nitrogen and oxygen atoms in total. The Kier molecular flexibility index (Phi) is 2.48. The Labute approximate surface area is 91.2 Å². The van der Waals surface area contributed by atoms with Crippen LogP contribution in [0.2, 0.25) is 0 Å². The van der Waals surface area contributed by atoms with E-state index in [2.05, 4.69) is 48.4 Å². The van der Waals surface area contributed by atoms with Crippen LogP contribution in [0.4, 0.5) is 0 Å². The number of hydrogen-bond acceptors (Lipinski definition) is 2. The van der Waals surface area contributed by atoms with Crippen LogP contribution < -0.4 is 0 Å². The summed E-state index contributed by atoms with van der Waals surface area (Å²) >= 11 is 8.38. The van der Waals surface area contributed by atoms with Gasteiger partial charge >= 0.3 is 0 Å². The predicted molar refractivity (Wildman–Crippen MR) is 60.0 cm³/mol. The molecule has 0 aliphatic rings. The van der Waals surface area contributed by atoms with E-state index in [1.165, 1.54) is 22.5 Å². The van der Waals surface area contributed by atoms with E-state index in [1.807, 2.05) is 6.07 Å². The lowest BCUT2D eigenvalue weighted by Gasteiger charge is -1.94. The Morgan fingerprint density at radius 1 is 1.42 bits per heavy atom. The summed E-state index contributed by atoms with van der Waals surface area (Å²) in [5, 5.41) is 2.10. The number of benzene rings is 1. The van der Waals surface area contributed by atoms with Crippen molar-refractivity contribution in [3.05, 3.63) is 27.5 Å². The molecule has 0 spiro atoms. The van der Waals surface area contributed by atoms with Gasteiger partial charge < -0.3 is 0 Å². The molecule has 12 heavy (non-hydrogen) atoms. The van der Waals surface area contributed by atoms with Gasteiger partial charge in [-0.1, -0.05) is 22.0 Å². The number of rotatable bonds is 1. The largest absolute Gasteiger partial charge is 0.191 e. The van der Waals surface area contributed by atoms with Gasteiger partial charge in [-0.05, 0) is 45.2 Å². The zero-order valence-corrected chi connectivity index (χ0v) is 10.0. The quantitative estimate of drug-likeness (QED) is 0.727. The van der Waals surface area contributed by atoms with Crippen molar-refractivity contribution in [1.29, 1.82) is 0 Å². The second-order valence-electron chi connectivity index (χ2n) is 2.44. The fourth-order valence-corrected chi connectivity index (χ4v) is 2.52. The second-order valence-corrected chi connectivity index (χ2v) is 5.09. The molecule has 2 aromatic rings. The number of aromatic nitrogens is 1. The average Bonchev–Trinajstić information content (AvgIpc) is 2.47. The number of nitrogens with zero attached hydrogens (tertiary/aromatic N) is 1. The van der Waals surface area contributed by atoms with Gasteiger partial charge in [0.1, 0.15) is 0 Å². The third-order valence-electron chi connectivity index (χ3n) is 1.65. The SMILES string of the molecule is BrCc1ccc2nsc(Br)c2c1. The van der Waals surface area contributed by atoms with E-state index in [4.69, 9.17) is 0 Å². The lowest BCUT2D eigenvalue weighted by molar-refractivity contribution is 1.46. The molecule has 0 aliphatic heterocycles. The van der Waals surface area contributed by atoms with Crippen LogP contribution in [0.5, 0.6) is 0 Å². The van der Waals surface area contributed by atoms with E-state index < -0.39 is 0 Å². The number of hydrogen-bond donors (Lipinski definition) is 0. The van der Waals surface area contributed by atoms with Gasteiger partial charge in [-0.2, -0.15) is 4.37 Å². The molecule has 1 aromatic carbocycles. The normalized spacial score (nSPS) is 10.8. The van der Waals surface area contributed by atoms with Gasteiger partial charge in [-0.15, -0.1) is 0 Å². The standard InChI is InChI=1S/C8H5Br2NS/c9-4-5-1-2-7-6(3-5)8(10)12-11-7/h1-3H,4H2. The molecule has 4 heteroatoms. The third kappa shape index (κ3) is 1.43. The van der Waals surface area contributed by atoms with Crippen LogP contribution in [0.15, 0.2) is 22.0 Å². The molecule has 0 atom stereocenters. The van der Waals surface area contributed by atoms with Crippen LogP contribution in [0.3, 0.4) is 0 Å². The van der Waals surface area contributed by atoms with Crippen molar-refractivity contribution in [2.45, 2.75) is 5.33 Å². The summed E-state index contributed by atoms with van der Waals surface area (Å²) in [5.74, 6) is 0. The van der Waals surface area contributed by atoms with E-state index >= 15 is 0 Å². The smallest absolute Gasteiger partial charge is 0.0984 e. The van der Waals surface area contributed by atoms with Crippen LogP contribution in [0, 0.1) is 0 Å². The zero-order chi connectivity index (χ0) is 8.55. The Balaban J connectivity index is 2.71. The van der Waals surface area contributed by atoms with E-state index in [0.29, 0.717) is 0 Å². The van der Waals surface area contributed by atoms with Crippen molar-refractivity contribution in [3.63, 3.8) is 0 Å². The molecule has 0 saturated heterocycles. The minimum atomic E-state index is 0.894. The summed E-state index contributed by atoms with van der Waals surface area (Å²) in [4.78, 5) is 0. The summed E-state index contributed by atoms with van der Waals surface area (Å²) in [6, 6.07) is 6.29. The molecule has 0 amide bonds. The summed E-state index contributed by atoms with van der Waals surface area (Å²) in [6.45, 7) is 0. The van der Waals surface area contributed by atoms with Crippen LogP contribution in [-0.2, 0) is 5.33 Å². The lowest BCUT2D eigenvalue weighted by Crippen LogP contribution is -1.75. The molecule has 0 bridgehead atoms. The Morgan fingerprint density at radius 3 is 3.00 bits per heavy atom. The van der Waals surface area contributed by atoms with Crippen LogP contribution >= 0.6 is 43.4 Å². The fourth-order valence-electron chi connectivity index (χ4n) is 1.04. The van der Waals surface area contributed by atoms with Crippen molar-refractivity contribution in [2.75, 3.05) is 0 Å². The summed E-state index contributed by atoms with van der Waals surface area (Å²) < 4.78 is 5.38. The number of halogens is 2. The molecule has 0 N–H and O–H groups in total. The molecule has 62 valence electrons. The van der Waals surface area contributed by atoms with Crippen LogP contribution in [0.1, 0.15) is 5.56 Å². The Morgan fingerprint density at radius 2 is 2.25 bits per heavy atom. The molecular weight excluding hydrogens is 302 g/mol. The second kappa shape index (κ2) is 3.44. The first-order chi connectivity index (χ1) is 5.81. The number of fused-ring (bicyclic) bond motifs is 1. The maximum Gasteiger partial charge on any atom is 0.0984 e. The molecule has 0 fully saturated rings. The minimum absolute atomic E-state index is 0.894. The molecule has 1 heterocycles. The van der Waals surface area contributed by atoms with Gasteiger partial charge in [0, 0.05) is 10.7 Å². The van der Waals surface area contributed by atoms with Gasteiger partial charge in [0.2, 0.25) is 0 Å². The van der Waals surface area contributed by atoms with E-state index in [0.717, 1.165) is 14.6 Å². The first kappa shape index (κ1) is 8.66. The monoisotopic (exact) mass is 305 g/mol. The molecule has 0 aliphatic carbocycles. The summed E-state index contributed by atoms with van der Waals surface area (Å²) in [5.41, 5.74) is 2.35. The van der Waals surface area contributed by atoms with Crippen molar-refractivity contribution < 1.29 is 0 Å². The zero-order valence-electron chi connectivity index (χ0n) is 6.05.